The molecule has 0 aliphatic heterocycles. The SMILES string of the molecule is CC.CCCc1c(C(=O)OCC)c[nH]c1CC. The van der Waals surface area contributed by atoms with E-state index in [-0.39, 0.29) is 5.97 Å². The Bertz CT molecular complexity index is 329. The van der Waals surface area contributed by atoms with E-state index in [9.17, 15) is 4.79 Å². The minimum atomic E-state index is -0.211. The smallest absolute Gasteiger partial charge is 0.339 e. The molecule has 0 aliphatic rings. The highest BCUT2D eigenvalue weighted by Crippen LogP contribution is 2.18. The van der Waals surface area contributed by atoms with E-state index in [4.69, 9.17) is 4.74 Å². The zero-order valence-electron chi connectivity index (χ0n) is 11.7. The molecule has 0 saturated carbocycles. The zero-order valence-corrected chi connectivity index (χ0v) is 11.7. The van der Waals surface area contributed by atoms with E-state index >= 15 is 0 Å². The van der Waals surface area contributed by atoms with Gasteiger partial charge in [-0.05, 0) is 25.3 Å². The van der Waals surface area contributed by atoms with Gasteiger partial charge in [0.2, 0.25) is 0 Å². The van der Waals surface area contributed by atoms with Crippen LogP contribution in [0.2, 0.25) is 0 Å². The summed E-state index contributed by atoms with van der Waals surface area (Å²) in [5.41, 5.74) is 2.98. The average molecular weight is 239 g/mol. The van der Waals surface area contributed by atoms with Gasteiger partial charge in [-0.25, -0.2) is 4.79 Å². The number of rotatable bonds is 5. The van der Waals surface area contributed by atoms with Gasteiger partial charge in [0.15, 0.2) is 0 Å². The highest BCUT2D eigenvalue weighted by atomic mass is 16.5. The molecule has 17 heavy (non-hydrogen) atoms. The molecule has 1 aromatic rings. The summed E-state index contributed by atoms with van der Waals surface area (Å²) < 4.78 is 5.01. The molecule has 0 atom stereocenters. The lowest BCUT2D eigenvalue weighted by Crippen LogP contribution is -2.06. The number of aryl methyl sites for hydroxylation is 1. The maximum Gasteiger partial charge on any atom is 0.339 e. The van der Waals surface area contributed by atoms with Gasteiger partial charge in [-0.3, -0.25) is 0 Å². The first-order valence-corrected chi connectivity index (χ1v) is 6.60. The number of ether oxygens (including phenoxy) is 1. The molecule has 1 rings (SSSR count). The quantitative estimate of drug-likeness (QED) is 0.795. The monoisotopic (exact) mass is 239 g/mol. The number of hydrogen-bond donors (Lipinski definition) is 1. The fraction of sp³-hybridized carbons (Fsp3) is 0.643. The van der Waals surface area contributed by atoms with E-state index < -0.39 is 0 Å². The summed E-state index contributed by atoms with van der Waals surface area (Å²) in [5.74, 6) is -0.211. The van der Waals surface area contributed by atoms with Crippen LogP contribution in [0.1, 0.15) is 62.7 Å². The normalized spacial score (nSPS) is 9.47. The highest BCUT2D eigenvalue weighted by Gasteiger charge is 2.16. The van der Waals surface area contributed by atoms with Crippen molar-refractivity contribution in [1.29, 1.82) is 0 Å². The highest BCUT2D eigenvalue weighted by molar-refractivity contribution is 5.91. The Morgan fingerprint density at radius 3 is 2.41 bits per heavy atom. The lowest BCUT2D eigenvalue weighted by Gasteiger charge is -2.04. The predicted molar refractivity (Wildman–Crippen MR) is 71.5 cm³/mol. The maximum atomic E-state index is 11.6. The molecule has 1 heterocycles. The lowest BCUT2D eigenvalue weighted by atomic mass is 10.0. The molecular formula is C14H25NO2. The van der Waals surface area contributed by atoms with Crippen LogP contribution in [0.15, 0.2) is 6.20 Å². The fourth-order valence-corrected chi connectivity index (χ4v) is 1.74. The standard InChI is InChI=1S/C12H19NO2.C2H6/c1-4-7-9-10(12(14)15-6-3)8-13-11(9)5-2;1-2/h8,13H,4-7H2,1-3H3;1-2H3. The van der Waals surface area contributed by atoms with Gasteiger partial charge >= 0.3 is 5.97 Å². The molecule has 0 amide bonds. The molecule has 0 aromatic carbocycles. The molecule has 3 heteroatoms. The van der Waals surface area contributed by atoms with Crippen LogP contribution >= 0.6 is 0 Å². The van der Waals surface area contributed by atoms with Gasteiger partial charge in [-0.15, -0.1) is 0 Å². The predicted octanol–water partition coefficient (Wildman–Crippen LogP) is 3.73. The minimum Gasteiger partial charge on any atom is -0.462 e. The van der Waals surface area contributed by atoms with Crippen molar-refractivity contribution < 1.29 is 9.53 Å². The summed E-state index contributed by atoms with van der Waals surface area (Å²) in [5, 5.41) is 0. The Kier molecular flexibility index (Phi) is 8.20. The number of nitrogens with one attached hydrogen (secondary N) is 1. The lowest BCUT2D eigenvalue weighted by molar-refractivity contribution is 0.0525. The molecular weight excluding hydrogens is 214 g/mol. The molecule has 0 fully saturated rings. The van der Waals surface area contributed by atoms with E-state index in [2.05, 4.69) is 18.8 Å². The third-order valence-electron chi connectivity index (χ3n) is 2.43. The number of aromatic nitrogens is 1. The number of aromatic amines is 1. The minimum absolute atomic E-state index is 0.211. The summed E-state index contributed by atoms with van der Waals surface area (Å²) in [7, 11) is 0. The van der Waals surface area contributed by atoms with Gasteiger partial charge < -0.3 is 9.72 Å². The first-order valence-electron chi connectivity index (χ1n) is 6.60. The number of hydrogen-bond acceptors (Lipinski definition) is 2. The van der Waals surface area contributed by atoms with E-state index in [1.165, 1.54) is 0 Å². The maximum absolute atomic E-state index is 11.6. The van der Waals surface area contributed by atoms with Crippen molar-refractivity contribution in [2.75, 3.05) is 6.61 Å². The number of carbonyl (C=O) groups excluding carboxylic acids is 1. The van der Waals surface area contributed by atoms with Crippen molar-refractivity contribution >= 4 is 5.97 Å². The number of carbonyl (C=O) groups is 1. The Hall–Kier alpha value is -1.25. The van der Waals surface area contributed by atoms with Gasteiger partial charge in [-0.2, -0.15) is 0 Å². The van der Waals surface area contributed by atoms with Crippen molar-refractivity contribution in [2.45, 2.75) is 53.9 Å². The summed E-state index contributed by atoms with van der Waals surface area (Å²) >= 11 is 0. The third-order valence-corrected chi connectivity index (χ3v) is 2.43. The number of H-pyrrole nitrogens is 1. The van der Waals surface area contributed by atoms with Crippen LogP contribution in [0, 0.1) is 0 Å². The van der Waals surface area contributed by atoms with Crippen molar-refractivity contribution in [3.8, 4) is 0 Å². The van der Waals surface area contributed by atoms with E-state index in [1.807, 2.05) is 20.8 Å². The van der Waals surface area contributed by atoms with E-state index in [0.717, 1.165) is 30.5 Å². The van der Waals surface area contributed by atoms with Gasteiger partial charge in [0.25, 0.3) is 0 Å². The van der Waals surface area contributed by atoms with Crippen LogP contribution in [0.25, 0.3) is 0 Å². The fourth-order valence-electron chi connectivity index (χ4n) is 1.74. The van der Waals surface area contributed by atoms with Gasteiger partial charge in [0.1, 0.15) is 0 Å². The summed E-state index contributed by atoms with van der Waals surface area (Å²) in [6.45, 7) is 10.4. The molecule has 0 bridgehead atoms. The molecule has 0 aliphatic carbocycles. The van der Waals surface area contributed by atoms with E-state index in [0.29, 0.717) is 12.2 Å². The molecule has 3 nitrogen and oxygen atoms in total. The second-order valence-corrected chi connectivity index (χ2v) is 3.48. The molecule has 0 spiro atoms. The van der Waals surface area contributed by atoms with Gasteiger partial charge in [-0.1, -0.05) is 34.1 Å². The first kappa shape index (κ1) is 15.8. The van der Waals surface area contributed by atoms with Gasteiger partial charge in [0, 0.05) is 11.9 Å². The molecule has 1 aromatic heterocycles. The van der Waals surface area contributed by atoms with Crippen molar-refractivity contribution in [2.24, 2.45) is 0 Å². The largest absolute Gasteiger partial charge is 0.462 e. The second-order valence-electron chi connectivity index (χ2n) is 3.48. The summed E-state index contributed by atoms with van der Waals surface area (Å²) in [6.07, 6.45) is 4.66. The van der Waals surface area contributed by atoms with Crippen molar-refractivity contribution in [1.82, 2.24) is 4.98 Å². The van der Waals surface area contributed by atoms with Crippen LogP contribution in [-0.4, -0.2) is 17.6 Å². The first-order chi connectivity index (χ1) is 8.24. The van der Waals surface area contributed by atoms with Crippen LogP contribution in [0.3, 0.4) is 0 Å². The van der Waals surface area contributed by atoms with E-state index in [1.54, 1.807) is 6.20 Å². The molecule has 0 saturated heterocycles. The zero-order chi connectivity index (χ0) is 13.3. The summed E-state index contributed by atoms with van der Waals surface area (Å²) in [4.78, 5) is 14.8. The Morgan fingerprint density at radius 1 is 1.29 bits per heavy atom. The van der Waals surface area contributed by atoms with Crippen LogP contribution < -0.4 is 0 Å². The molecule has 0 unspecified atom stereocenters. The topological polar surface area (TPSA) is 42.1 Å². The molecule has 1 N–H and O–H groups in total. The second kappa shape index (κ2) is 8.85. The molecule has 0 radical (unpaired) electrons. The number of esters is 1. The van der Waals surface area contributed by atoms with Crippen LogP contribution in [-0.2, 0) is 17.6 Å². The van der Waals surface area contributed by atoms with Crippen LogP contribution in [0.4, 0.5) is 0 Å². The summed E-state index contributed by atoms with van der Waals surface area (Å²) in [6, 6.07) is 0. The van der Waals surface area contributed by atoms with Crippen molar-refractivity contribution in [3.05, 3.63) is 23.0 Å². The average Bonchev–Trinajstić information content (AvgIpc) is 2.75. The Balaban J connectivity index is 0.00000121. The molecule has 98 valence electrons. The Labute approximate surface area is 105 Å². The van der Waals surface area contributed by atoms with Crippen molar-refractivity contribution in [3.63, 3.8) is 0 Å². The van der Waals surface area contributed by atoms with Gasteiger partial charge in [0.05, 0.1) is 12.2 Å². The Morgan fingerprint density at radius 2 is 1.94 bits per heavy atom. The van der Waals surface area contributed by atoms with Crippen LogP contribution in [0.5, 0.6) is 0 Å². The third kappa shape index (κ3) is 4.25.